The molecule has 3 rings (SSSR count). The number of benzene rings is 3. The van der Waals surface area contributed by atoms with Crippen LogP contribution in [0.15, 0.2) is 84.0 Å². The third-order valence-corrected chi connectivity index (χ3v) is 5.99. The average Bonchev–Trinajstić information content (AvgIpc) is 2.90. The number of rotatable bonds is 11. The predicted octanol–water partition coefficient (Wildman–Crippen LogP) is 6.56. The minimum Gasteiger partial charge on any atom is -0.497 e. The van der Waals surface area contributed by atoms with Gasteiger partial charge < -0.3 is 14.2 Å². The molecule has 210 valence electrons. The molecule has 0 saturated heterocycles. The first-order valence-electron chi connectivity index (χ1n) is 13.1. The first-order valence-corrected chi connectivity index (χ1v) is 13.1. The van der Waals surface area contributed by atoms with Crippen LogP contribution in [0.3, 0.4) is 0 Å². The maximum absolute atomic E-state index is 12.2. The molecular formula is C33H38N2O5. The summed E-state index contributed by atoms with van der Waals surface area (Å²) in [6.07, 6.45) is 5.53. The Morgan fingerprint density at radius 3 is 2.17 bits per heavy atom. The molecule has 3 aromatic carbocycles. The van der Waals surface area contributed by atoms with Gasteiger partial charge in [-0.15, -0.1) is 0 Å². The molecule has 40 heavy (non-hydrogen) atoms. The summed E-state index contributed by atoms with van der Waals surface area (Å²) in [6, 6.07) is 22.0. The Kier molecular flexibility index (Phi) is 10.3. The maximum atomic E-state index is 12.2. The SMILES string of the molecule is COc1ccc(/C=C/C(=O)Oc2cccc(/C=N/NC(=O)COc3ccc(C(C)(C)CC(C)(C)C)cc3)c2)cc1. The summed E-state index contributed by atoms with van der Waals surface area (Å²) in [7, 11) is 1.60. The Morgan fingerprint density at radius 1 is 0.850 bits per heavy atom. The van der Waals surface area contributed by atoms with Crippen molar-refractivity contribution in [1.29, 1.82) is 0 Å². The monoisotopic (exact) mass is 542 g/mol. The molecule has 0 heterocycles. The van der Waals surface area contributed by atoms with Crippen LogP contribution in [-0.4, -0.2) is 31.8 Å². The van der Waals surface area contributed by atoms with E-state index in [0.29, 0.717) is 17.1 Å². The Morgan fingerprint density at radius 2 is 1.52 bits per heavy atom. The molecule has 0 aliphatic carbocycles. The summed E-state index contributed by atoms with van der Waals surface area (Å²) in [5.41, 5.74) is 5.42. The van der Waals surface area contributed by atoms with Gasteiger partial charge in [0.05, 0.1) is 13.3 Å². The lowest BCUT2D eigenvalue weighted by Gasteiger charge is -2.33. The summed E-state index contributed by atoms with van der Waals surface area (Å²) in [5, 5.41) is 3.98. The van der Waals surface area contributed by atoms with Crippen molar-refractivity contribution in [2.24, 2.45) is 10.5 Å². The van der Waals surface area contributed by atoms with E-state index in [0.717, 1.165) is 17.7 Å². The van der Waals surface area contributed by atoms with Crippen molar-refractivity contribution < 1.29 is 23.8 Å². The third-order valence-electron chi connectivity index (χ3n) is 5.99. The number of hydrogen-bond acceptors (Lipinski definition) is 6. The van der Waals surface area contributed by atoms with E-state index in [1.54, 1.807) is 37.5 Å². The van der Waals surface area contributed by atoms with Crippen LogP contribution in [-0.2, 0) is 15.0 Å². The molecule has 0 spiro atoms. The molecule has 0 radical (unpaired) electrons. The highest BCUT2D eigenvalue weighted by Crippen LogP contribution is 2.36. The lowest BCUT2D eigenvalue weighted by molar-refractivity contribution is -0.129. The zero-order chi connectivity index (χ0) is 29.2. The van der Waals surface area contributed by atoms with Gasteiger partial charge in [-0.3, -0.25) is 4.79 Å². The predicted molar refractivity (Wildman–Crippen MR) is 159 cm³/mol. The molecule has 0 saturated carbocycles. The van der Waals surface area contributed by atoms with E-state index in [1.807, 2.05) is 48.5 Å². The Balaban J connectivity index is 1.46. The Labute approximate surface area is 236 Å². The van der Waals surface area contributed by atoms with Gasteiger partial charge in [-0.25, -0.2) is 10.2 Å². The van der Waals surface area contributed by atoms with Crippen LogP contribution < -0.4 is 19.6 Å². The maximum Gasteiger partial charge on any atom is 0.336 e. The van der Waals surface area contributed by atoms with Gasteiger partial charge in [0.25, 0.3) is 5.91 Å². The first kappa shape index (κ1) is 30.2. The molecule has 1 amide bonds. The summed E-state index contributed by atoms with van der Waals surface area (Å²) in [5.74, 6) is 0.811. The average molecular weight is 543 g/mol. The van der Waals surface area contributed by atoms with Crippen LogP contribution in [0.5, 0.6) is 17.2 Å². The molecule has 1 N–H and O–H groups in total. The van der Waals surface area contributed by atoms with E-state index in [1.165, 1.54) is 17.9 Å². The highest BCUT2D eigenvalue weighted by atomic mass is 16.5. The molecule has 0 bridgehead atoms. The van der Waals surface area contributed by atoms with Gasteiger partial charge in [-0.1, -0.05) is 71.0 Å². The Hall–Kier alpha value is -4.39. The fourth-order valence-corrected chi connectivity index (χ4v) is 4.48. The smallest absolute Gasteiger partial charge is 0.336 e. The normalized spacial score (nSPS) is 11.9. The second-order valence-corrected chi connectivity index (χ2v) is 11.3. The zero-order valence-electron chi connectivity index (χ0n) is 24.1. The fourth-order valence-electron chi connectivity index (χ4n) is 4.48. The van der Waals surface area contributed by atoms with Crippen LogP contribution >= 0.6 is 0 Å². The van der Waals surface area contributed by atoms with Crippen molar-refractivity contribution in [2.75, 3.05) is 13.7 Å². The number of amides is 1. The van der Waals surface area contributed by atoms with E-state index in [9.17, 15) is 9.59 Å². The van der Waals surface area contributed by atoms with Crippen LogP contribution in [0.4, 0.5) is 0 Å². The minimum atomic E-state index is -0.513. The van der Waals surface area contributed by atoms with Crippen LogP contribution in [0, 0.1) is 5.41 Å². The van der Waals surface area contributed by atoms with E-state index < -0.39 is 5.97 Å². The van der Waals surface area contributed by atoms with Crippen molar-refractivity contribution in [3.05, 3.63) is 95.6 Å². The summed E-state index contributed by atoms with van der Waals surface area (Å²) in [4.78, 5) is 24.4. The number of hydrazone groups is 1. The van der Waals surface area contributed by atoms with Crippen LogP contribution in [0.25, 0.3) is 6.08 Å². The van der Waals surface area contributed by atoms with Crippen LogP contribution in [0.1, 0.15) is 57.7 Å². The summed E-state index contributed by atoms with van der Waals surface area (Å²) in [6.45, 7) is 11.0. The first-order chi connectivity index (χ1) is 18.9. The van der Waals surface area contributed by atoms with Gasteiger partial charge in [0.2, 0.25) is 0 Å². The van der Waals surface area contributed by atoms with Crippen LogP contribution in [0.2, 0.25) is 0 Å². The quantitative estimate of drug-likeness (QED) is 0.0975. The molecule has 7 nitrogen and oxygen atoms in total. The van der Waals surface area contributed by atoms with Crippen molar-refractivity contribution in [3.63, 3.8) is 0 Å². The number of methoxy groups -OCH3 is 1. The molecule has 0 aromatic heterocycles. The third kappa shape index (κ3) is 10.1. The second kappa shape index (κ2) is 13.6. The summed E-state index contributed by atoms with van der Waals surface area (Å²) < 4.78 is 16.1. The van der Waals surface area contributed by atoms with Crippen molar-refractivity contribution >= 4 is 24.2 Å². The Bertz CT molecular complexity index is 1330. The molecule has 0 aliphatic rings. The molecule has 0 atom stereocenters. The van der Waals surface area contributed by atoms with Crippen molar-refractivity contribution in [3.8, 4) is 17.2 Å². The van der Waals surface area contributed by atoms with Crippen molar-refractivity contribution in [2.45, 2.75) is 46.5 Å². The largest absolute Gasteiger partial charge is 0.497 e. The number of carbonyl (C=O) groups excluding carboxylic acids is 2. The topological polar surface area (TPSA) is 86.2 Å². The molecular weight excluding hydrogens is 504 g/mol. The van der Waals surface area contributed by atoms with Gasteiger partial charge in [0, 0.05) is 6.08 Å². The molecule has 7 heteroatoms. The molecule has 0 fully saturated rings. The molecule has 0 aliphatic heterocycles. The van der Waals surface area contributed by atoms with Gasteiger partial charge in [-0.2, -0.15) is 5.10 Å². The number of nitrogens with zero attached hydrogens (tertiary/aromatic N) is 1. The van der Waals surface area contributed by atoms with Gasteiger partial charge in [0.1, 0.15) is 17.2 Å². The zero-order valence-corrected chi connectivity index (χ0v) is 24.1. The summed E-state index contributed by atoms with van der Waals surface area (Å²) >= 11 is 0. The number of carbonyl (C=O) groups is 2. The highest BCUT2D eigenvalue weighted by Gasteiger charge is 2.27. The van der Waals surface area contributed by atoms with Gasteiger partial charge in [0.15, 0.2) is 6.61 Å². The highest BCUT2D eigenvalue weighted by molar-refractivity contribution is 5.89. The standard InChI is InChI=1S/C33H38N2O5/c1-32(2,3)23-33(4,5)26-13-17-28(18-14-26)39-22-30(36)35-34-21-25-8-7-9-29(20-25)40-31(37)19-12-24-10-15-27(38-6)16-11-24/h7-21H,22-23H2,1-6H3,(H,35,36)/b19-12+,34-21+. The fraction of sp³-hybridized carbons (Fsp3) is 0.303. The van der Waals surface area contributed by atoms with Crippen molar-refractivity contribution in [1.82, 2.24) is 5.43 Å². The molecule has 0 unspecified atom stereocenters. The number of nitrogens with one attached hydrogen (secondary N) is 1. The minimum absolute atomic E-state index is 0.0342. The van der Waals surface area contributed by atoms with E-state index in [-0.39, 0.29) is 23.3 Å². The molecule has 3 aromatic rings. The van der Waals surface area contributed by atoms with Gasteiger partial charge in [-0.05, 0) is 76.4 Å². The van der Waals surface area contributed by atoms with E-state index >= 15 is 0 Å². The number of ether oxygens (including phenoxy) is 3. The number of hydrogen-bond donors (Lipinski definition) is 1. The second-order valence-electron chi connectivity index (χ2n) is 11.3. The van der Waals surface area contributed by atoms with E-state index in [2.05, 4.69) is 45.1 Å². The lowest BCUT2D eigenvalue weighted by atomic mass is 9.72. The number of esters is 1. The van der Waals surface area contributed by atoms with E-state index in [4.69, 9.17) is 14.2 Å². The van der Waals surface area contributed by atoms with Gasteiger partial charge >= 0.3 is 5.97 Å². The lowest BCUT2D eigenvalue weighted by Crippen LogP contribution is -2.25.